The lowest BCUT2D eigenvalue weighted by Crippen LogP contribution is -2.17. The van der Waals surface area contributed by atoms with E-state index in [4.69, 9.17) is 0 Å². The van der Waals surface area contributed by atoms with Crippen LogP contribution in [0, 0.1) is 5.92 Å². The number of allylic oxidation sites excluding steroid dienone is 6. The Morgan fingerprint density at radius 2 is 2.25 bits per heavy atom. The first-order valence-electron chi connectivity index (χ1n) is 4.07. The van der Waals surface area contributed by atoms with Crippen LogP contribution in [0.4, 0.5) is 0 Å². The third-order valence-electron chi connectivity index (χ3n) is 2.29. The van der Waals surface area contributed by atoms with E-state index in [2.05, 4.69) is 24.6 Å². The summed E-state index contributed by atoms with van der Waals surface area (Å²) in [4.78, 5) is 4.34. The van der Waals surface area contributed by atoms with Crippen LogP contribution in [0.5, 0.6) is 0 Å². The van der Waals surface area contributed by atoms with E-state index >= 15 is 0 Å². The monoisotopic (exact) mass is 157 g/mol. The van der Waals surface area contributed by atoms with Crippen molar-refractivity contribution in [3.63, 3.8) is 0 Å². The predicted octanol–water partition coefficient (Wildman–Crippen LogP) is 2.64. The lowest BCUT2D eigenvalue weighted by molar-refractivity contribution is 1.00. The Kier molecular flexibility index (Phi) is 1.58. The molecular formula is C11H11N. The van der Waals surface area contributed by atoms with Crippen LogP contribution in [0.1, 0.15) is 6.92 Å². The standard InChI is InChI=1S/C11H11N/c1-8-7-12-11-6-4-3-5-10(11)9(8)2/h3-7,10H,2H2,1H3. The van der Waals surface area contributed by atoms with E-state index in [1.54, 1.807) is 0 Å². The molecule has 0 radical (unpaired) electrons. The van der Waals surface area contributed by atoms with Crippen LogP contribution in [0.3, 0.4) is 0 Å². The van der Waals surface area contributed by atoms with E-state index in [-0.39, 0.29) is 0 Å². The number of fused-ring (bicyclic) bond motifs is 1. The summed E-state index contributed by atoms with van der Waals surface area (Å²) >= 11 is 0. The summed E-state index contributed by atoms with van der Waals surface area (Å²) in [5, 5.41) is 0. The first-order chi connectivity index (χ1) is 5.79. The first-order valence-corrected chi connectivity index (χ1v) is 4.07. The molecule has 1 aliphatic carbocycles. The average Bonchev–Trinajstić information content (AvgIpc) is 2.12. The van der Waals surface area contributed by atoms with Crippen LogP contribution in [0.2, 0.25) is 0 Å². The molecule has 1 heteroatoms. The number of aliphatic imine (C=N–C) groups is 1. The zero-order valence-electron chi connectivity index (χ0n) is 7.12. The molecule has 0 aromatic carbocycles. The molecule has 1 atom stereocenters. The molecule has 2 aliphatic rings. The third-order valence-corrected chi connectivity index (χ3v) is 2.29. The number of hydrogen-bond acceptors (Lipinski definition) is 1. The zero-order valence-corrected chi connectivity index (χ0v) is 7.12. The van der Waals surface area contributed by atoms with Gasteiger partial charge in [-0.2, -0.15) is 0 Å². The van der Waals surface area contributed by atoms with E-state index in [1.807, 2.05) is 24.4 Å². The topological polar surface area (TPSA) is 12.4 Å². The zero-order chi connectivity index (χ0) is 8.55. The SMILES string of the molecule is C=C1C(C)=CN=C2C=CC=CC12. The fourth-order valence-corrected chi connectivity index (χ4v) is 1.45. The van der Waals surface area contributed by atoms with Crippen molar-refractivity contribution >= 4 is 5.71 Å². The molecule has 1 nitrogen and oxygen atoms in total. The molecule has 0 spiro atoms. The first kappa shape index (κ1) is 7.29. The molecular weight excluding hydrogens is 146 g/mol. The smallest absolute Gasteiger partial charge is 0.0516 e. The quantitative estimate of drug-likeness (QED) is 0.512. The van der Waals surface area contributed by atoms with Gasteiger partial charge in [-0.1, -0.05) is 24.8 Å². The summed E-state index contributed by atoms with van der Waals surface area (Å²) < 4.78 is 0. The van der Waals surface area contributed by atoms with Crippen molar-refractivity contribution in [2.75, 3.05) is 0 Å². The molecule has 0 saturated carbocycles. The number of rotatable bonds is 0. The van der Waals surface area contributed by atoms with Gasteiger partial charge in [0.2, 0.25) is 0 Å². The van der Waals surface area contributed by atoms with Crippen molar-refractivity contribution in [1.82, 2.24) is 0 Å². The molecule has 0 fully saturated rings. The maximum absolute atomic E-state index is 4.34. The number of hydrogen-bond donors (Lipinski definition) is 0. The molecule has 0 bridgehead atoms. The second-order valence-corrected chi connectivity index (χ2v) is 3.11. The second-order valence-electron chi connectivity index (χ2n) is 3.11. The van der Waals surface area contributed by atoms with Crippen LogP contribution < -0.4 is 0 Å². The summed E-state index contributed by atoms with van der Waals surface area (Å²) in [6.07, 6.45) is 10.1. The van der Waals surface area contributed by atoms with Gasteiger partial charge in [-0.25, -0.2) is 0 Å². The van der Waals surface area contributed by atoms with E-state index in [1.165, 1.54) is 11.1 Å². The van der Waals surface area contributed by atoms with E-state index < -0.39 is 0 Å². The molecule has 1 aliphatic heterocycles. The summed E-state index contributed by atoms with van der Waals surface area (Å²) in [5.74, 6) is 0.319. The summed E-state index contributed by atoms with van der Waals surface area (Å²) in [7, 11) is 0. The van der Waals surface area contributed by atoms with Gasteiger partial charge in [0, 0.05) is 12.1 Å². The van der Waals surface area contributed by atoms with Crippen molar-refractivity contribution in [2.45, 2.75) is 6.92 Å². The van der Waals surface area contributed by atoms with Gasteiger partial charge >= 0.3 is 0 Å². The van der Waals surface area contributed by atoms with E-state index in [9.17, 15) is 0 Å². The van der Waals surface area contributed by atoms with Crippen LogP contribution >= 0.6 is 0 Å². The fourth-order valence-electron chi connectivity index (χ4n) is 1.45. The lowest BCUT2D eigenvalue weighted by Gasteiger charge is -2.21. The van der Waals surface area contributed by atoms with Gasteiger partial charge in [0.25, 0.3) is 0 Å². The maximum atomic E-state index is 4.34. The highest BCUT2D eigenvalue weighted by atomic mass is 14.7. The highest BCUT2D eigenvalue weighted by Crippen LogP contribution is 2.27. The molecule has 0 aromatic heterocycles. The Balaban J connectivity index is 2.45. The van der Waals surface area contributed by atoms with Crippen LogP contribution in [-0.4, -0.2) is 5.71 Å². The Morgan fingerprint density at radius 3 is 3.08 bits per heavy atom. The molecule has 0 saturated heterocycles. The third kappa shape index (κ3) is 0.981. The van der Waals surface area contributed by atoms with Crippen molar-refractivity contribution in [1.29, 1.82) is 0 Å². The average molecular weight is 157 g/mol. The normalized spacial score (nSPS) is 26.4. The second kappa shape index (κ2) is 2.59. The summed E-state index contributed by atoms with van der Waals surface area (Å²) in [6, 6.07) is 0. The van der Waals surface area contributed by atoms with Gasteiger partial charge in [0.05, 0.1) is 5.71 Å². The van der Waals surface area contributed by atoms with Gasteiger partial charge in [0.15, 0.2) is 0 Å². The summed E-state index contributed by atoms with van der Waals surface area (Å²) in [6.45, 7) is 6.10. The molecule has 0 amide bonds. The molecule has 2 rings (SSSR count). The van der Waals surface area contributed by atoms with Crippen molar-refractivity contribution in [3.05, 3.63) is 48.2 Å². The Labute approximate surface area is 72.5 Å². The van der Waals surface area contributed by atoms with Crippen LogP contribution in [-0.2, 0) is 0 Å². The van der Waals surface area contributed by atoms with Crippen LogP contribution in [0.15, 0.2) is 53.2 Å². The highest BCUT2D eigenvalue weighted by molar-refractivity contribution is 6.02. The van der Waals surface area contributed by atoms with E-state index in [0.29, 0.717) is 5.92 Å². The molecule has 12 heavy (non-hydrogen) atoms. The lowest BCUT2D eigenvalue weighted by atomic mass is 9.86. The Bertz CT molecular complexity index is 340. The minimum Gasteiger partial charge on any atom is -0.260 e. The molecule has 1 heterocycles. The van der Waals surface area contributed by atoms with Crippen LogP contribution in [0.25, 0.3) is 0 Å². The predicted molar refractivity (Wildman–Crippen MR) is 52.1 cm³/mol. The minimum atomic E-state index is 0.319. The largest absolute Gasteiger partial charge is 0.260 e. The molecule has 0 aromatic rings. The summed E-state index contributed by atoms with van der Waals surface area (Å²) in [5.41, 5.74) is 3.46. The van der Waals surface area contributed by atoms with Gasteiger partial charge in [-0.05, 0) is 24.1 Å². The van der Waals surface area contributed by atoms with Crippen molar-refractivity contribution in [3.8, 4) is 0 Å². The van der Waals surface area contributed by atoms with Gasteiger partial charge in [0.1, 0.15) is 0 Å². The maximum Gasteiger partial charge on any atom is 0.0516 e. The number of nitrogens with zero attached hydrogens (tertiary/aromatic N) is 1. The van der Waals surface area contributed by atoms with Gasteiger partial charge in [-0.3, -0.25) is 4.99 Å². The molecule has 1 unspecified atom stereocenters. The van der Waals surface area contributed by atoms with Crippen molar-refractivity contribution < 1.29 is 0 Å². The fraction of sp³-hybridized carbons (Fsp3) is 0.182. The van der Waals surface area contributed by atoms with Crippen molar-refractivity contribution in [2.24, 2.45) is 10.9 Å². The van der Waals surface area contributed by atoms with E-state index in [0.717, 1.165) is 5.71 Å². The highest BCUT2D eigenvalue weighted by Gasteiger charge is 2.19. The van der Waals surface area contributed by atoms with Gasteiger partial charge in [-0.15, -0.1) is 0 Å². The van der Waals surface area contributed by atoms with Gasteiger partial charge < -0.3 is 0 Å². The minimum absolute atomic E-state index is 0.319. The molecule has 0 N–H and O–H groups in total. The Hall–Kier alpha value is -1.37. The molecule has 60 valence electrons. The Morgan fingerprint density at radius 1 is 1.42 bits per heavy atom.